The van der Waals surface area contributed by atoms with Crippen LogP contribution in [0.4, 0.5) is 4.79 Å². The highest BCUT2D eigenvalue weighted by molar-refractivity contribution is 5.66. The van der Waals surface area contributed by atoms with Crippen LogP contribution in [0.3, 0.4) is 0 Å². The van der Waals surface area contributed by atoms with Crippen molar-refractivity contribution in [3.8, 4) is 0 Å². The Morgan fingerprint density at radius 2 is 2.00 bits per heavy atom. The Labute approximate surface area is 90.9 Å². The average Bonchev–Trinajstić information content (AvgIpc) is 2.44. The summed E-state index contributed by atoms with van der Waals surface area (Å²) in [6, 6.07) is 0. The van der Waals surface area contributed by atoms with E-state index in [9.17, 15) is 9.90 Å². The second-order valence-electron chi connectivity index (χ2n) is 5.40. The van der Waals surface area contributed by atoms with Crippen LogP contribution in [0.1, 0.15) is 40.0 Å². The zero-order chi connectivity index (χ0) is 11.6. The van der Waals surface area contributed by atoms with E-state index in [0.717, 1.165) is 19.3 Å². The molecule has 1 fully saturated rings. The minimum absolute atomic E-state index is 0.231. The van der Waals surface area contributed by atoms with E-state index in [1.165, 1.54) is 4.90 Å². The zero-order valence-corrected chi connectivity index (χ0v) is 9.73. The van der Waals surface area contributed by atoms with Gasteiger partial charge < -0.3 is 15.1 Å². The van der Waals surface area contributed by atoms with Gasteiger partial charge in [-0.05, 0) is 46.0 Å². The van der Waals surface area contributed by atoms with Gasteiger partial charge in [0.1, 0.15) is 0 Å². The van der Waals surface area contributed by atoms with Crippen molar-refractivity contribution in [1.82, 2.24) is 4.90 Å². The Kier molecular flexibility index (Phi) is 3.60. The number of aliphatic hydroxyl groups is 1. The molecular weight excluding hydrogens is 194 g/mol. The lowest BCUT2D eigenvalue weighted by atomic mass is 10.0. The Morgan fingerprint density at radius 3 is 2.33 bits per heavy atom. The molecule has 0 heterocycles. The Hall–Kier alpha value is -0.770. The Morgan fingerprint density at radius 1 is 1.40 bits per heavy atom. The highest BCUT2D eigenvalue weighted by Gasteiger charge is 2.31. The van der Waals surface area contributed by atoms with Crippen LogP contribution in [0, 0.1) is 5.92 Å². The third kappa shape index (κ3) is 3.38. The number of hydrogen-bond acceptors (Lipinski definition) is 2. The predicted octanol–water partition coefficient (Wildman–Crippen LogP) is 1.93. The van der Waals surface area contributed by atoms with Crippen molar-refractivity contribution in [3.05, 3.63) is 0 Å². The Balaban J connectivity index is 2.56. The van der Waals surface area contributed by atoms with E-state index in [2.05, 4.69) is 0 Å². The number of amides is 1. The molecule has 0 spiro atoms. The number of carbonyl (C=O) groups is 1. The summed E-state index contributed by atoms with van der Waals surface area (Å²) >= 11 is 0. The van der Waals surface area contributed by atoms with Crippen molar-refractivity contribution < 1.29 is 15.0 Å². The van der Waals surface area contributed by atoms with Gasteiger partial charge in [0.05, 0.1) is 6.10 Å². The van der Waals surface area contributed by atoms with Crippen LogP contribution in [-0.2, 0) is 0 Å². The quantitative estimate of drug-likeness (QED) is 0.740. The second kappa shape index (κ2) is 4.39. The molecule has 0 radical (unpaired) electrons. The molecule has 0 aromatic rings. The molecule has 4 nitrogen and oxygen atoms in total. The third-order valence-corrected chi connectivity index (χ3v) is 2.99. The van der Waals surface area contributed by atoms with Crippen molar-refractivity contribution in [2.45, 2.75) is 51.7 Å². The van der Waals surface area contributed by atoms with Crippen LogP contribution in [-0.4, -0.2) is 39.4 Å². The maximum absolute atomic E-state index is 11.1. The largest absolute Gasteiger partial charge is 0.465 e. The average molecular weight is 215 g/mol. The first kappa shape index (κ1) is 12.3. The van der Waals surface area contributed by atoms with E-state index in [1.54, 1.807) is 0 Å². The lowest BCUT2D eigenvalue weighted by Gasteiger charge is -2.35. The normalized spacial score (nSPS) is 26.7. The van der Waals surface area contributed by atoms with Crippen LogP contribution >= 0.6 is 0 Å². The molecule has 1 aliphatic rings. The van der Waals surface area contributed by atoms with Gasteiger partial charge in [-0.25, -0.2) is 4.79 Å². The molecule has 0 bridgehead atoms. The maximum atomic E-state index is 11.1. The molecule has 1 aliphatic carbocycles. The molecule has 15 heavy (non-hydrogen) atoms. The first-order valence-corrected chi connectivity index (χ1v) is 5.49. The Bertz CT molecular complexity index is 234. The molecule has 1 saturated carbocycles. The van der Waals surface area contributed by atoms with Crippen molar-refractivity contribution in [2.24, 2.45) is 5.92 Å². The summed E-state index contributed by atoms with van der Waals surface area (Å²) in [5.74, 6) is 0.315. The fourth-order valence-corrected chi connectivity index (χ4v) is 2.11. The van der Waals surface area contributed by atoms with Gasteiger partial charge >= 0.3 is 6.09 Å². The van der Waals surface area contributed by atoms with Crippen LogP contribution in [0.15, 0.2) is 0 Å². The summed E-state index contributed by atoms with van der Waals surface area (Å²) in [5, 5.41) is 18.5. The summed E-state index contributed by atoms with van der Waals surface area (Å²) in [4.78, 5) is 12.5. The molecule has 0 aromatic carbocycles. The van der Waals surface area contributed by atoms with Crippen LogP contribution in [0.25, 0.3) is 0 Å². The van der Waals surface area contributed by atoms with Gasteiger partial charge in [-0.3, -0.25) is 0 Å². The van der Waals surface area contributed by atoms with Crippen LogP contribution in [0.5, 0.6) is 0 Å². The SMILES string of the molecule is CC(C)(C)N(C[C@@H]1CC[C@H](O)C1)C(=O)O. The molecule has 2 atom stereocenters. The summed E-state index contributed by atoms with van der Waals surface area (Å²) in [7, 11) is 0. The van der Waals surface area contributed by atoms with Gasteiger partial charge in [-0.2, -0.15) is 0 Å². The summed E-state index contributed by atoms with van der Waals surface area (Å²) in [6.07, 6.45) is 1.37. The van der Waals surface area contributed by atoms with Gasteiger partial charge in [-0.15, -0.1) is 0 Å². The molecule has 0 aromatic heterocycles. The highest BCUT2D eigenvalue weighted by Crippen LogP contribution is 2.28. The summed E-state index contributed by atoms with van der Waals surface area (Å²) in [5.41, 5.74) is -0.362. The molecule has 2 N–H and O–H groups in total. The van der Waals surface area contributed by atoms with Gasteiger partial charge in [0.15, 0.2) is 0 Å². The van der Waals surface area contributed by atoms with Crippen molar-refractivity contribution in [1.29, 1.82) is 0 Å². The van der Waals surface area contributed by atoms with Crippen molar-refractivity contribution in [2.75, 3.05) is 6.54 Å². The molecule has 0 unspecified atom stereocenters. The topological polar surface area (TPSA) is 60.8 Å². The number of rotatable bonds is 2. The number of nitrogens with zero attached hydrogens (tertiary/aromatic N) is 1. The van der Waals surface area contributed by atoms with Crippen molar-refractivity contribution >= 4 is 6.09 Å². The monoisotopic (exact) mass is 215 g/mol. The van der Waals surface area contributed by atoms with Crippen molar-refractivity contribution in [3.63, 3.8) is 0 Å². The molecular formula is C11H21NO3. The second-order valence-corrected chi connectivity index (χ2v) is 5.40. The van der Waals surface area contributed by atoms with E-state index >= 15 is 0 Å². The highest BCUT2D eigenvalue weighted by atomic mass is 16.4. The number of carboxylic acid groups (broad SMARTS) is 1. The van der Waals surface area contributed by atoms with Crippen LogP contribution in [0.2, 0.25) is 0 Å². The van der Waals surface area contributed by atoms with Gasteiger partial charge in [-0.1, -0.05) is 0 Å². The minimum atomic E-state index is -0.871. The van der Waals surface area contributed by atoms with E-state index in [-0.39, 0.29) is 11.6 Å². The lowest BCUT2D eigenvalue weighted by molar-refractivity contribution is 0.0864. The fourth-order valence-electron chi connectivity index (χ4n) is 2.11. The minimum Gasteiger partial charge on any atom is -0.465 e. The predicted molar refractivity (Wildman–Crippen MR) is 57.8 cm³/mol. The fraction of sp³-hybridized carbons (Fsp3) is 0.909. The molecule has 4 heteroatoms. The van der Waals surface area contributed by atoms with Gasteiger partial charge in [0.25, 0.3) is 0 Å². The van der Waals surface area contributed by atoms with E-state index < -0.39 is 6.09 Å². The standard InChI is InChI=1S/C11H21NO3/c1-11(2,3)12(10(14)15)7-8-4-5-9(13)6-8/h8-9,13H,4-7H2,1-3H3,(H,14,15)/t8-,9+/m1/s1. The summed E-state index contributed by atoms with van der Waals surface area (Å²) < 4.78 is 0. The van der Waals surface area contributed by atoms with E-state index in [1.807, 2.05) is 20.8 Å². The maximum Gasteiger partial charge on any atom is 0.407 e. The molecule has 1 amide bonds. The summed E-state index contributed by atoms with van der Waals surface area (Å²) in [6.45, 7) is 6.22. The van der Waals surface area contributed by atoms with Gasteiger partial charge in [0.2, 0.25) is 0 Å². The number of aliphatic hydroxyl groups excluding tert-OH is 1. The van der Waals surface area contributed by atoms with E-state index in [4.69, 9.17) is 5.11 Å². The molecule has 88 valence electrons. The first-order chi connectivity index (χ1) is 6.80. The van der Waals surface area contributed by atoms with Crippen LogP contribution < -0.4 is 0 Å². The molecule has 0 aliphatic heterocycles. The molecule has 0 saturated heterocycles. The van der Waals surface area contributed by atoms with Gasteiger partial charge in [0, 0.05) is 12.1 Å². The third-order valence-electron chi connectivity index (χ3n) is 2.99. The number of hydrogen-bond donors (Lipinski definition) is 2. The zero-order valence-electron chi connectivity index (χ0n) is 9.73. The lowest BCUT2D eigenvalue weighted by Crippen LogP contribution is -2.47. The first-order valence-electron chi connectivity index (χ1n) is 5.49. The smallest absolute Gasteiger partial charge is 0.407 e. The van der Waals surface area contributed by atoms with E-state index in [0.29, 0.717) is 12.5 Å². The molecule has 1 rings (SSSR count).